The maximum atomic E-state index is 12.1. The summed E-state index contributed by atoms with van der Waals surface area (Å²) in [5.41, 5.74) is 1.14. The van der Waals surface area contributed by atoms with Gasteiger partial charge >= 0.3 is 0 Å². The van der Waals surface area contributed by atoms with Crippen LogP contribution in [-0.2, 0) is 20.9 Å². The van der Waals surface area contributed by atoms with E-state index < -0.39 is 0 Å². The van der Waals surface area contributed by atoms with E-state index in [-0.39, 0.29) is 24.4 Å². The molecule has 1 heterocycles. The zero-order valence-electron chi connectivity index (χ0n) is 12.3. The second-order valence-corrected chi connectivity index (χ2v) is 4.88. The number of likely N-dealkylation sites (N-methyl/N-ethyl adjacent to an activating group) is 1. The highest BCUT2D eigenvalue weighted by Gasteiger charge is 2.23. The molecular weight excluding hydrogens is 292 g/mol. The molecule has 2 rings (SSSR count). The van der Waals surface area contributed by atoms with Crippen molar-refractivity contribution in [1.29, 1.82) is 0 Å². The van der Waals surface area contributed by atoms with Crippen LogP contribution in [0.2, 0.25) is 0 Å². The van der Waals surface area contributed by atoms with E-state index in [0.29, 0.717) is 33.0 Å². The van der Waals surface area contributed by atoms with E-state index in [1.807, 2.05) is 30.3 Å². The Morgan fingerprint density at radius 3 is 2.86 bits per heavy atom. The summed E-state index contributed by atoms with van der Waals surface area (Å²) in [6, 6.07) is 9.79. The first-order chi connectivity index (χ1) is 9.77. The van der Waals surface area contributed by atoms with Crippen molar-refractivity contribution >= 4 is 18.3 Å². The Labute approximate surface area is 132 Å². The molecule has 1 atom stereocenters. The lowest BCUT2D eigenvalue weighted by molar-refractivity contribution is -0.135. The van der Waals surface area contributed by atoms with Gasteiger partial charge in [0.25, 0.3) is 0 Å². The monoisotopic (exact) mass is 314 g/mol. The number of rotatable bonds is 6. The number of halogens is 1. The average molecular weight is 315 g/mol. The molecule has 1 fully saturated rings. The smallest absolute Gasteiger partial charge is 0.241 e. The summed E-state index contributed by atoms with van der Waals surface area (Å²) in [6.45, 7) is 3.55. The quantitative estimate of drug-likeness (QED) is 0.798. The summed E-state index contributed by atoms with van der Waals surface area (Å²) < 4.78 is 10.9. The molecule has 1 saturated heterocycles. The van der Waals surface area contributed by atoms with Crippen molar-refractivity contribution in [2.75, 3.05) is 40.0 Å². The summed E-state index contributed by atoms with van der Waals surface area (Å²) in [5, 5.41) is 3.16. The van der Waals surface area contributed by atoms with Crippen LogP contribution in [0.5, 0.6) is 0 Å². The number of carbonyl (C=O) groups excluding carboxylic acids is 1. The third-order valence-electron chi connectivity index (χ3n) is 3.28. The van der Waals surface area contributed by atoms with Gasteiger partial charge in [-0.1, -0.05) is 30.3 Å². The van der Waals surface area contributed by atoms with E-state index in [1.165, 1.54) is 0 Å². The highest BCUT2D eigenvalue weighted by molar-refractivity contribution is 5.85. The molecule has 21 heavy (non-hydrogen) atoms. The number of hydrogen-bond acceptors (Lipinski definition) is 4. The molecule has 1 amide bonds. The fraction of sp³-hybridized carbons (Fsp3) is 0.533. The SMILES string of the molecule is CN(CCOCc1ccccc1)C(=O)C1COCCN1.Cl. The number of morpholine rings is 1. The van der Waals surface area contributed by atoms with Crippen LogP contribution >= 0.6 is 12.4 Å². The molecular formula is C15H23ClN2O3. The lowest BCUT2D eigenvalue weighted by atomic mass is 10.2. The standard InChI is InChI=1S/C15H22N2O3.ClH/c1-17(15(18)14-12-19-9-7-16-14)8-10-20-11-13-5-3-2-4-6-13;/h2-6,14,16H,7-12H2,1H3;1H. The maximum Gasteiger partial charge on any atom is 0.241 e. The topological polar surface area (TPSA) is 50.8 Å². The predicted octanol–water partition coefficient (Wildman–Crippen LogP) is 1.07. The first-order valence-corrected chi connectivity index (χ1v) is 6.95. The fourth-order valence-electron chi connectivity index (χ4n) is 2.07. The molecule has 118 valence electrons. The summed E-state index contributed by atoms with van der Waals surface area (Å²) in [7, 11) is 1.80. The Bertz CT molecular complexity index is 411. The molecule has 1 aliphatic rings. The van der Waals surface area contributed by atoms with Gasteiger partial charge in [-0.3, -0.25) is 4.79 Å². The Balaban J connectivity index is 0.00000220. The van der Waals surface area contributed by atoms with Crippen LogP contribution in [0, 0.1) is 0 Å². The summed E-state index contributed by atoms with van der Waals surface area (Å²) in [6.07, 6.45) is 0. The predicted molar refractivity (Wildman–Crippen MR) is 83.6 cm³/mol. The van der Waals surface area contributed by atoms with Gasteiger partial charge in [-0.05, 0) is 5.56 Å². The second kappa shape index (κ2) is 9.73. The minimum atomic E-state index is -0.220. The minimum Gasteiger partial charge on any atom is -0.378 e. The van der Waals surface area contributed by atoms with Gasteiger partial charge in [-0.25, -0.2) is 0 Å². The third kappa shape index (κ3) is 6.01. The number of nitrogens with one attached hydrogen (secondary N) is 1. The average Bonchev–Trinajstić information content (AvgIpc) is 2.52. The molecule has 5 nitrogen and oxygen atoms in total. The normalized spacial score (nSPS) is 17.9. The largest absolute Gasteiger partial charge is 0.378 e. The van der Waals surface area contributed by atoms with Gasteiger partial charge in [0.2, 0.25) is 5.91 Å². The first-order valence-electron chi connectivity index (χ1n) is 6.95. The molecule has 1 N–H and O–H groups in total. The van der Waals surface area contributed by atoms with E-state index in [0.717, 1.165) is 12.1 Å². The molecule has 0 aromatic heterocycles. The number of nitrogens with zero attached hydrogens (tertiary/aromatic N) is 1. The zero-order chi connectivity index (χ0) is 14.2. The molecule has 0 radical (unpaired) electrons. The zero-order valence-corrected chi connectivity index (χ0v) is 13.1. The van der Waals surface area contributed by atoms with Gasteiger partial charge in [0.05, 0.1) is 26.4 Å². The molecule has 1 aromatic rings. The number of amides is 1. The first kappa shape index (κ1) is 17.9. The molecule has 0 aliphatic carbocycles. The highest BCUT2D eigenvalue weighted by atomic mass is 35.5. The number of ether oxygens (including phenoxy) is 2. The second-order valence-electron chi connectivity index (χ2n) is 4.88. The maximum absolute atomic E-state index is 12.1. The number of hydrogen-bond donors (Lipinski definition) is 1. The summed E-state index contributed by atoms with van der Waals surface area (Å²) >= 11 is 0. The van der Waals surface area contributed by atoms with Gasteiger partial charge in [-0.2, -0.15) is 0 Å². The Hall–Kier alpha value is -1.14. The molecule has 0 bridgehead atoms. The van der Waals surface area contributed by atoms with Gasteiger partial charge in [0, 0.05) is 20.1 Å². The van der Waals surface area contributed by atoms with Gasteiger partial charge in [0.15, 0.2) is 0 Å². The van der Waals surface area contributed by atoms with Gasteiger partial charge in [-0.15, -0.1) is 12.4 Å². The van der Waals surface area contributed by atoms with E-state index >= 15 is 0 Å². The third-order valence-corrected chi connectivity index (χ3v) is 3.28. The summed E-state index contributed by atoms with van der Waals surface area (Å²) in [5.74, 6) is 0.0630. The summed E-state index contributed by atoms with van der Waals surface area (Å²) in [4.78, 5) is 13.8. The van der Waals surface area contributed by atoms with Crippen molar-refractivity contribution in [1.82, 2.24) is 10.2 Å². The van der Waals surface area contributed by atoms with Crippen LogP contribution in [0.25, 0.3) is 0 Å². The van der Waals surface area contributed by atoms with Crippen molar-refractivity contribution in [3.05, 3.63) is 35.9 Å². The van der Waals surface area contributed by atoms with E-state index in [1.54, 1.807) is 11.9 Å². The van der Waals surface area contributed by atoms with E-state index in [4.69, 9.17) is 9.47 Å². The van der Waals surface area contributed by atoms with Crippen LogP contribution in [-0.4, -0.2) is 56.8 Å². The molecule has 0 spiro atoms. The number of benzene rings is 1. The minimum absolute atomic E-state index is 0. The van der Waals surface area contributed by atoms with Crippen LogP contribution in [0.1, 0.15) is 5.56 Å². The van der Waals surface area contributed by atoms with Crippen molar-refractivity contribution < 1.29 is 14.3 Å². The van der Waals surface area contributed by atoms with Crippen molar-refractivity contribution in [3.63, 3.8) is 0 Å². The van der Waals surface area contributed by atoms with Gasteiger partial charge < -0.3 is 19.7 Å². The van der Waals surface area contributed by atoms with Crippen LogP contribution in [0.15, 0.2) is 30.3 Å². The number of carbonyl (C=O) groups is 1. The molecule has 0 saturated carbocycles. The Kier molecular flexibility index (Phi) is 8.30. The van der Waals surface area contributed by atoms with E-state index in [2.05, 4.69) is 5.32 Å². The molecule has 6 heteroatoms. The van der Waals surface area contributed by atoms with Crippen LogP contribution in [0.4, 0.5) is 0 Å². The Morgan fingerprint density at radius 1 is 1.43 bits per heavy atom. The lowest BCUT2D eigenvalue weighted by Crippen LogP contribution is -2.52. The fourth-order valence-corrected chi connectivity index (χ4v) is 2.07. The Morgan fingerprint density at radius 2 is 2.19 bits per heavy atom. The van der Waals surface area contributed by atoms with Crippen LogP contribution < -0.4 is 5.32 Å². The van der Waals surface area contributed by atoms with Crippen molar-refractivity contribution in [2.45, 2.75) is 12.6 Å². The van der Waals surface area contributed by atoms with Crippen molar-refractivity contribution in [3.8, 4) is 0 Å². The van der Waals surface area contributed by atoms with Crippen molar-refractivity contribution in [2.24, 2.45) is 0 Å². The van der Waals surface area contributed by atoms with Gasteiger partial charge in [0.1, 0.15) is 6.04 Å². The lowest BCUT2D eigenvalue weighted by Gasteiger charge is -2.27. The highest BCUT2D eigenvalue weighted by Crippen LogP contribution is 2.01. The molecule has 1 unspecified atom stereocenters. The molecule has 1 aliphatic heterocycles. The van der Waals surface area contributed by atoms with E-state index in [9.17, 15) is 4.79 Å². The molecule has 1 aromatic carbocycles. The van der Waals surface area contributed by atoms with Crippen LogP contribution in [0.3, 0.4) is 0 Å².